The Hall–Kier alpha value is -2.08. The second-order valence-corrected chi connectivity index (χ2v) is 8.69. The average molecular weight is 362 g/mol. The van der Waals surface area contributed by atoms with E-state index in [1.165, 1.54) is 17.3 Å². The van der Waals surface area contributed by atoms with E-state index in [0.717, 1.165) is 5.69 Å². The highest BCUT2D eigenvalue weighted by atomic mass is 32.2. The third-order valence-corrected chi connectivity index (χ3v) is 5.35. The molecule has 0 bridgehead atoms. The number of aromatic nitrogens is 1. The van der Waals surface area contributed by atoms with Crippen LogP contribution in [-0.2, 0) is 10.0 Å². The number of nitrogens with one attached hydrogen (secondary N) is 2. The SMILES string of the molecule is CCS(=O)(=O)Nc1ccc(Nc2c(C(C)C)cccc2C(C)C)nc1. The Bertz CT molecular complexity index is 787. The number of benzene rings is 1. The number of sulfonamides is 1. The molecule has 0 radical (unpaired) electrons. The van der Waals surface area contributed by atoms with Crippen molar-refractivity contribution in [2.75, 3.05) is 15.8 Å². The third kappa shape index (κ3) is 4.95. The number of hydrogen-bond donors (Lipinski definition) is 2. The van der Waals surface area contributed by atoms with Gasteiger partial charge in [-0.3, -0.25) is 4.72 Å². The number of hydrogen-bond acceptors (Lipinski definition) is 4. The molecule has 0 saturated carbocycles. The van der Waals surface area contributed by atoms with Crippen LogP contribution in [0.2, 0.25) is 0 Å². The van der Waals surface area contributed by atoms with E-state index in [-0.39, 0.29) is 5.75 Å². The average Bonchev–Trinajstić information content (AvgIpc) is 2.56. The van der Waals surface area contributed by atoms with E-state index < -0.39 is 10.0 Å². The molecular weight excluding hydrogens is 334 g/mol. The second kappa shape index (κ2) is 7.87. The van der Waals surface area contributed by atoms with Gasteiger partial charge >= 0.3 is 0 Å². The fourth-order valence-corrected chi connectivity index (χ4v) is 3.23. The van der Waals surface area contributed by atoms with Gasteiger partial charge in [-0.05, 0) is 42.0 Å². The summed E-state index contributed by atoms with van der Waals surface area (Å²) in [5, 5.41) is 3.42. The number of para-hydroxylation sites is 1. The van der Waals surface area contributed by atoms with Crippen LogP contribution >= 0.6 is 0 Å². The van der Waals surface area contributed by atoms with Crippen LogP contribution < -0.4 is 10.0 Å². The molecule has 1 aromatic heterocycles. The van der Waals surface area contributed by atoms with Crippen LogP contribution in [0.4, 0.5) is 17.2 Å². The van der Waals surface area contributed by atoms with Crippen molar-refractivity contribution in [2.24, 2.45) is 0 Å². The summed E-state index contributed by atoms with van der Waals surface area (Å²) in [4.78, 5) is 4.36. The van der Waals surface area contributed by atoms with Crippen molar-refractivity contribution in [3.05, 3.63) is 47.7 Å². The van der Waals surface area contributed by atoms with E-state index in [0.29, 0.717) is 23.3 Å². The van der Waals surface area contributed by atoms with Gasteiger partial charge in [-0.1, -0.05) is 45.9 Å². The summed E-state index contributed by atoms with van der Waals surface area (Å²) < 4.78 is 25.8. The minimum atomic E-state index is -3.29. The van der Waals surface area contributed by atoms with Gasteiger partial charge in [0.25, 0.3) is 0 Å². The highest BCUT2D eigenvalue weighted by molar-refractivity contribution is 7.92. The van der Waals surface area contributed by atoms with Gasteiger partial charge < -0.3 is 5.32 Å². The summed E-state index contributed by atoms with van der Waals surface area (Å²) in [5.41, 5.74) is 4.03. The molecule has 1 aromatic carbocycles. The van der Waals surface area contributed by atoms with Gasteiger partial charge in [0.2, 0.25) is 10.0 Å². The van der Waals surface area contributed by atoms with E-state index >= 15 is 0 Å². The summed E-state index contributed by atoms with van der Waals surface area (Å²) in [7, 11) is -3.29. The monoisotopic (exact) mass is 361 g/mol. The number of rotatable bonds is 7. The molecule has 0 aliphatic rings. The van der Waals surface area contributed by atoms with Crippen LogP contribution in [0.3, 0.4) is 0 Å². The zero-order valence-corrected chi connectivity index (χ0v) is 16.3. The first kappa shape index (κ1) is 19.2. The molecular formula is C19H27N3O2S. The molecule has 1 heterocycles. The summed E-state index contributed by atoms with van der Waals surface area (Å²) >= 11 is 0. The molecule has 2 N–H and O–H groups in total. The Balaban J connectivity index is 2.31. The quantitative estimate of drug-likeness (QED) is 0.741. The van der Waals surface area contributed by atoms with Crippen molar-refractivity contribution >= 4 is 27.2 Å². The predicted octanol–water partition coefficient (Wildman–Crippen LogP) is 4.83. The smallest absolute Gasteiger partial charge is 0.232 e. The van der Waals surface area contributed by atoms with Crippen molar-refractivity contribution in [3.8, 4) is 0 Å². The molecule has 0 fully saturated rings. The lowest BCUT2D eigenvalue weighted by Crippen LogP contribution is -2.14. The molecule has 0 unspecified atom stereocenters. The normalized spacial score (nSPS) is 11.8. The van der Waals surface area contributed by atoms with Crippen LogP contribution in [-0.4, -0.2) is 19.2 Å². The van der Waals surface area contributed by atoms with Gasteiger partial charge in [0, 0.05) is 5.69 Å². The minimum absolute atomic E-state index is 0.0342. The fourth-order valence-electron chi connectivity index (χ4n) is 2.60. The van der Waals surface area contributed by atoms with Crippen molar-refractivity contribution < 1.29 is 8.42 Å². The van der Waals surface area contributed by atoms with Gasteiger partial charge in [0.1, 0.15) is 5.82 Å². The Morgan fingerprint density at radius 1 is 1.00 bits per heavy atom. The lowest BCUT2D eigenvalue weighted by molar-refractivity contribution is 0.602. The predicted molar refractivity (Wildman–Crippen MR) is 105 cm³/mol. The zero-order valence-electron chi connectivity index (χ0n) is 15.5. The topological polar surface area (TPSA) is 71.1 Å². The summed E-state index contributed by atoms with van der Waals surface area (Å²) in [6.45, 7) is 10.3. The van der Waals surface area contributed by atoms with E-state index in [2.05, 4.69) is 60.9 Å². The molecule has 2 aromatic rings. The Kier molecular flexibility index (Phi) is 6.06. The minimum Gasteiger partial charge on any atom is -0.340 e. The van der Waals surface area contributed by atoms with Crippen LogP contribution in [0.15, 0.2) is 36.5 Å². The molecule has 25 heavy (non-hydrogen) atoms. The molecule has 5 nitrogen and oxygen atoms in total. The van der Waals surface area contributed by atoms with E-state index in [1.807, 2.05) is 0 Å². The molecule has 0 saturated heterocycles. The first-order chi connectivity index (χ1) is 11.7. The van der Waals surface area contributed by atoms with Gasteiger partial charge in [0.05, 0.1) is 17.6 Å². The number of nitrogens with zero attached hydrogens (tertiary/aromatic N) is 1. The molecule has 0 atom stereocenters. The molecule has 0 amide bonds. The van der Waals surface area contributed by atoms with Crippen LogP contribution in [0.1, 0.15) is 57.6 Å². The summed E-state index contributed by atoms with van der Waals surface area (Å²) in [6.07, 6.45) is 1.53. The Labute approximate surface area is 150 Å². The maximum absolute atomic E-state index is 11.6. The molecule has 136 valence electrons. The van der Waals surface area contributed by atoms with E-state index in [4.69, 9.17) is 0 Å². The lowest BCUT2D eigenvalue weighted by Gasteiger charge is -2.20. The van der Waals surface area contributed by atoms with E-state index in [9.17, 15) is 8.42 Å². The molecule has 0 spiro atoms. The third-order valence-electron chi connectivity index (χ3n) is 4.04. The van der Waals surface area contributed by atoms with Gasteiger partial charge in [-0.2, -0.15) is 0 Å². The first-order valence-electron chi connectivity index (χ1n) is 8.60. The van der Waals surface area contributed by atoms with Crippen molar-refractivity contribution in [3.63, 3.8) is 0 Å². The number of anilines is 3. The number of pyridine rings is 1. The van der Waals surface area contributed by atoms with E-state index in [1.54, 1.807) is 19.1 Å². The lowest BCUT2D eigenvalue weighted by atomic mass is 9.92. The maximum Gasteiger partial charge on any atom is 0.232 e. The highest BCUT2D eigenvalue weighted by Crippen LogP contribution is 2.34. The van der Waals surface area contributed by atoms with Crippen molar-refractivity contribution in [2.45, 2.75) is 46.5 Å². The van der Waals surface area contributed by atoms with Crippen LogP contribution in [0.25, 0.3) is 0 Å². The Morgan fingerprint density at radius 3 is 2.04 bits per heavy atom. The zero-order chi connectivity index (χ0) is 18.6. The van der Waals surface area contributed by atoms with Crippen LogP contribution in [0.5, 0.6) is 0 Å². The molecule has 0 aliphatic carbocycles. The standard InChI is InChI=1S/C19H27N3O2S/c1-6-25(23,24)22-15-10-11-18(20-12-15)21-19-16(13(2)3)8-7-9-17(19)14(4)5/h7-14,22H,6H2,1-5H3,(H,20,21). The van der Waals surface area contributed by atoms with Crippen molar-refractivity contribution in [1.29, 1.82) is 0 Å². The molecule has 2 rings (SSSR count). The fraction of sp³-hybridized carbons (Fsp3) is 0.421. The summed E-state index contributed by atoms with van der Waals surface area (Å²) in [6, 6.07) is 9.85. The first-order valence-corrected chi connectivity index (χ1v) is 10.2. The van der Waals surface area contributed by atoms with Gasteiger partial charge in [-0.15, -0.1) is 0 Å². The largest absolute Gasteiger partial charge is 0.340 e. The Morgan fingerprint density at radius 2 is 1.60 bits per heavy atom. The molecule has 0 aliphatic heterocycles. The van der Waals surface area contributed by atoms with Gasteiger partial charge in [0.15, 0.2) is 0 Å². The molecule has 6 heteroatoms. The van der Waals surface area contributed by atoms with Crippen molar-refractivity contribution in [1.82, 2.24) is 4.98 Å². The highest BCUT2D eigenvalue weighted by Gasteiger charge is 2.14. The summed E-state index contributed by atoms with van der Waals surface area (Å²) in [5.74, 6) is 1.50. The second-order valence-electron chi connectivity index (χ2n) is 6.68. The van der Waals surface area contributed by atoms with Crippen LogP contribution in [0, 0.1) is 0 Å². The van der Waals surface area contributed by atoms with Gasteiger partial charge in [-0.25, -0.2) is 13.4 Å². The maximum atomic E-state index is 11.6.